The second-order valence-corrected chi connectivity index (χ2v) is 22.8. The second-order valence-electron chi connectivity index (χ2n) is 22.8. The SMILES string of the molecule is C.C.C.C.C.C.CCC(C)(CC(C)(CC(C)(C)C(=O)OC1CC(C)(C)OC1=O)C(=O)OC12CC3CC(CC(O)(C3)C1)C2)C(=O)OC12CC3CC(C1)CC(C(=O)OC1CCCCO1)(C3)C2. The van der Waals surface area contributed by atoms with E-state index in [9.17, 15) is 29.1 Å². The quantitative estimate of drug-likeness (QED) is 0.138. The van der Waals surface area contributed by atoms with Gasteiger partial charge in [-0.25, -0.2) is 4.79 Å². The van der Waals surface area contributed by atoms with Gasteiger partial charge in [-0.3, -0.25) is 19.2 Å². The summed E-state index contributed by atoms with van der Waals surface area (Å²) in [7, 11) is 0. The molecule has 1 N–H and O–H groups in total. The molecule has 64 heavy (non-hydrogen) atoms. The monoisotopic (exact) mass is 909 g/mol. The molecular weight excluding hydrogens is 817 g/mol. The molecule has 8 aliphatic carbocycles. The lowest BCUT2D eigenvalue weighted by Crippen LogP contribution is -2.61. The number of rotatable bonds is 13. The van der Waals surface area contributed by atoms with Crippen molar-refractivity contribution in [1.82, 2.24) is 0 Å². The van der Waals surface area contributed by atoms with Gasteiger partial charge in [0.15, 0.2) is 0 Å². The third-order valence-corrected chi connectivity index (χ3v) is 15.9. The first-order valence-corrected chi connectivity index (χ1v) is 22.4. The van der Waals surface area contributed by atoms with E-state index in [0.29, 0.717) is 58.0 Å². The standard InChI is InChI=1S/C46H68O12.6CH4/c1-8-41(6,36(49)57-45-19-28-13-29(20-45)16-43(15-28,26-45)38(51)55-33-11-9-10-12-53-33)25-42(7,24-39(2,3)35(48)54-32-23-40(4,5)56-34(32)47)37(50)58-46-21-30-14-31(22-46)18-44(52,17-30)27-46;;;;;;/h28-33,52H,8-27H2,1-7H3;6*1H4. The summed E-state index contributed by atoms with van der Waals surface area (Å²) in [6.07, 6.45) is 10.1. The molecule has 2 saturated heterocycles. The van der Waals surface area contributed by atoms with E-state index in [4.69, 9.17) is 28.4 Å². The second kappa shape index (κ2) is 19.5. The zero-order valence-electron chi connectivity index (χ0n) is 36.0. The first-order valence-electron chi connectivity index (χ1n) is 22.4. The molecule has 0 aromatic rings. The number of carbonyl (C=O) groups is 5. The Hall–Kier alpha value is -2.73. The van der Waals surface area contributed by atoms with Gasteiger partial charge in [0.1, 0.15) is 16.8 Å². The lowest BCUT2D eigenvalue weighted by molar-refractivity contribution is -0.234. The highest BCUT2D eigenvalue weighted by Gasteiger charge is 2.65. The maximum Gasteiger partial charge on any atom is 0.348 e. The van der Waals surface area contributed by atoms with Crippen molar-refractivity contribution in [3.05, 3.63) is 0 Å². The van der Waals surface area contributed by atoms with Crippen molar-refractivity contribution in [2.45, 2.75) is 250 Å². The zero-order valence-corrected chi connectivity index (χ0v) is 36.0. The molecule has 8 atom stereocenters. The Labute approximate surface area is 388 Å². The number of aliphatic hydroxyl groups is 1. The Kier molecular flexibility index (Phi) is 17.5. The number of esters is 5. The van der Waals surface area contributed by atoms with Gasteiger partial charge in [-0.2, -0.15) is 0 Å². The molecule has 8 unspecified atom stereocenters. The Morgan fingerprint density at radius 1 is 0.672 bits per heavy atom. The molecule has 372 valence electrons. The summed E-state index contributed by atoms with van der Waals surface area (Å²) in [4.78, 5) is 70.5. The van der Waals surface area contributed by atoms with Gasteiger partial charge in [-0.05, 0) is 162 Å². The molecule has 12 nitrogen and oxygen atoms in total. The third-order valence-electron chi connectivity index (χ3n) is 15.9. The van der Waals surface area contributed by atoms with Crippen LogP contribution in [0, 0.1) is 45.3 Å². The van der Waals surface area contributed by atoms with Gasteiger partial charge >= 0.3 is 29.8 Å². The maximum atomic E-state index is 15.0. The largest absolute Gasteiger partial charge is 0.459 e. The number of hydrogen-bond acceptors (Lipinski definition) is 12. The van der Waals surface area contributed by atoms with E-state index in [1.807, 2.05) is 13.8 Å². The fourth-order valence-electron chi connectivity index (χ4n) is 14.2. The van der Waals surface area contributed by atoms with Crippen molar-refractivity contribution < 1.29 is 57.5 Å². The summed E-state index contributed by atoms with van der Waals surface area (Å²) < 4.78 is 36.4. The van der Waals surface area contributed by atoms with Gasteiger partial charge in [0.05, 0.1) is 33.9 Å². The molecule has 10 aliphatic rings. The predicted molar refractivity (Wildman–Crippen MR) is 249 cm³/mol. The summed E-state index contributed by atoms with van der Waals surface area (Å²) in [5.41, 5.74) is -7.79. The van der Waals surface area contributed by atoms with Crippen molar-refractivity contribution in [3.8, 4) is 0 Å². The van der Waals surface area contributed by atoms with Crippen molar-refractivity contribution in [3.63, 3.8) is 0 Å². The number of carbonyl (C=O) groups excluding carboxylic acids is 5. The molecule has 10 fully saturated rings. The molecule has 0 radical (unpaired) electrons. The molecule has 0 spiro atoms. The molecule has 2 aliphatic heterocycles. The van der Waals surface area contributed by atoms with Crippen molar-refractivity contribution in [2.24, 2.45) is 45.3 Å². The number of cyclic esters (lactones) is 1. The van der Waals surface area contributed by atoms with Gasteiger partial charge in [-0.15, -0.1) is 0 Å². The lowest BCUT2D eigenvalue weighted by atomic mass is 9.48. The average molecular weight is 909 g/mol. The molecule has 8 bridgehead atoms. The summed E-state index contributed by atoms with van der Waals surface area (Å²) in [6.45, 7) is 13.0. The third kappa shape index (κ3) is 10.8. The van der Waals surface area contributed by atoms with Crippen LogP contribution < -0.4 is 0 Å². The van der Waals surface area contributed by atoms with Gasteiger partial charge in [0.2, 0.25) is 12.4 Å². The van der Waals surface area contributed by atoms with E-state index in [2.05, 4.69) is 0 Å². The van der Waals surface area contributed by atoms with Crippen LogP contribution >= 0.6 is 0 Å². The summed E-state index contributed by atoms with van der Waals surface area (Å²) in [5, 5.41) is 11.5. The van der Waals surface area contributed by atoms with Gasteiger partial charge < -0.3 is 33.5 Å². The summed E-state index contributed by atoms with van der Waals surface area (Å²) >= 11 is 0. The van der Waals surface area contributed by atoms with Crippen molar-refractivity contribution in [2.75, 3.05) is 6.61 Å². The lowest BCUT2D eigenvalue weighted by Gasteiger charge is -2.60. The van der Waals surface area contributed by atoms with E-state index < -0.39 is 80.3 Å². The molecule has 0 aromatic carbocycles. The van der Waals surface area contributed by atoms with Crippen molar-refractivity contribution in [1.29, 1.82) is 0 Å². The summed E-state index contributed by atoms with van der Waals surface area (Å²) in [5.74, 6) is -1.36. The predicted octanol–water partition coefficient (Wildman–Crippen LogP) is 11.2. The molecule has 10 rings (SSSR count). The van der Waals surface area contributed by atoms with Crippen LogP contribution in [0.15, 0.2) is 0 Å². The Balaban J connectivity index is 0.00000235. The molecule has 8 saturated carbocycles. The van der Waals surface area contributed by atoms with Crippen molar-refractivity contribution >= 4 is 29.8 Å². The highest BCUT2D eigenvalue weighted by atomic mass is 16.7. The normalized spacial score (nSPS) is 37.7. The average Bonchev–Trinajstić information content (AvgIpc) is 3.36. The number of hydrogen-bond donors (Lipinski definition) is 1. The first-order chi connectivity index (χ1) is 27.0. The molecule has 0 aromatic heterocycles. The zero-order chi connectivity index (χ0) is 41.7. The van der Waals surface area contributed by atoms with Crippen LogP contribution in [0.4, 0.5) is 0 Å². The highest BCUT2D eigenvalue weighted by Crippen LogP contribution is 2.64. The van der Waals surface area contributed by atoms with Gasteiger partial charge in [0, 0.05) is 25.7 Å². The smallest absolute Gasteiger partial charge is 0.348 e. The topological polar surface area (TPSA) is 161 Å². The van der Waals surface area contributed by atoms with E-state index in [1.54, 1.807) is 34.6 Å². The summed E-state index contributed by atoms with van der Waals surface area (Å²) in [6, 6.07) is 0. The minimum atomic E-state index is -1.37. The van der Waals surface area contributed by atoms with Gasteiger partial charge in [0.25, 0.3) is 0 Å². The molecule has 2 heterocycles. The minimum absolute atomic E-state index is 0. The van der Waals surface area contributed by atoms with Gasteiger partial charge in [-0.1, -0.05) is 51.5 Å². The van der Waals surface area contributed by atoms with Crippen LogP contribution in [0.5, 0.6) is 0 Å². The fourth-order valence-corrected chi connectivity index (χ4v) is 14.2. The van der Waals surface area contributed by atoms with Crippen LogP contribution in [0.3, 0.4) is 0 Å². The highest BCUT2D eigenvalue weighted by molar-refractivity contribution is 5.85. The van der Waals surface area contributed by atoms with E-state index in [1.165, 1.54) is 0 Å². The van der Waals surface area contributed by atoms with Crippen LogP contribution in [-0.4, -0.2) is 76.4 Å². The molecular formula is C52H92O12. The number of ether oxygens (including phenoxy) is 6. The van der Waals surface area contributed by atoms with Crippen LogP contribution in [0.1, 0.15) is 215 Å². The van der Waals surface area contributed by atoms with Crippen LogP contribution in [-0.2, 0) is 52.4 Å². The Morgan fingerprint density at radius 3 is 1.66 bits per heavy atom. The van der Waals surface area contributed by atoms with Crippen LogP contribution in [0.2, 0.25) is 0 Å². The van der Waals surface area contributed by atoms with E-state index in [-0.39, 0.29) is 93.5 Å². The van der Waals surface area contributed by atoms with E-state index >= 15 is 0 Å². The molecule has 0 amide bonds. The Bertz CT molecular complexity index is 1670. The van der Waals surface area contributed by atoms with E-state index in [0.717, 1.165) is 51.4 Å². The minimum Gasteiger partial charge on any atom is -0.459 e. The first kappa shape index (κ1) is 57.4. The molecule has 12 heteroatoms. The Morgan fingerprint density at radius 2 is 1.19 bits per heavy atom. The maximum absolute atomic E-state index is 15.0. The van der Waals surface area contributed by atoms with Crippen LogP contribution in [0.25, 0.3) is 0 Å². The fraction of sp³-hybridized carbons (Fsp3) is 0.904.